The summed E-state index contributed by atoms with van der Waals surface area (Å²) in [7, 11) is 0. The Bertz CT molecular complexity index is 977. The summed E-state index contributed by atoms with van der Waals surface area (Å²) in [5.74, 6) is 0.295. The number of alkyl halides is 3. The second kappa shape index (κ2) is 9.66. The first-order valence-corrected chi connectivity index (χ1v) is 10.1. The van der Waals surface area contributed by atoms with Crippen LogP contribution in [0, 0.1) is 0 Å². The minimum absolute atomic E-state index is 0.0202. The van der Waals surface area contributed by atoms with Gasteiger partial charge >= 0.3 is 6.18 Å². The van der Waals surface area contributed by atoms with Crippen LogP contribution < -0.4 is 10.1 Å². The van der Waals surface area contributed by atoms with E-state index in [1.54, 1.807) is 24.3 Å². The fourth-order valence-corrected chi connectivity index (χ4v) is 3.24. The van der Waals surface area contributed by atoms with Crippen LogP contribution in [0.3, 0.4) is 0 Å². The molecule has 1 amide bonds. The maximum absolute atomic E-state index is 13.1. The number of aromatic nitrogens is 3. The van der Waals surface area contributed by atoms with Crippen LogP contribution in [0.25, 0.3) is 0 Å². The van der Waals surface area contributed by atoms with Gasteiger partial charge < -0.3 is 10.1 Å². The number of rotatable bonds is 8. The van der Waals surface area contributed by atoms with E-state index in [0.717, 1.165) is 17.7 Å². The Balaban J connectivity index is 1.72. The number of hydrogen-bond donors (Lipinski definition) is 2. The largest absolute Gasteiger partial charge is 0.491 e. The normalized spacial score (nSPS) is 11.3. The number of carbonyl (C=O) groups is 1. The van der Waals surface area contributed by atoms with E-state index in [-0.39, 0.29) is 11.4 Å². The van der Waals surface area contributed by atoms with Gasteiger partial charge in [0.2, 0.25) is 0 Å². The summed E-state index contributed by atoms with van der Waals surface area (Å²) in [4.78, 5) is 16.6. The Morgan fingerprint density at radius 3 is 2.60 bits per heavy atom. The lowest BCUT2D eigenvalue weighted by Gasteiger charge is -2.15. The lowest BCUT2D eigenvalue weighted by atomic mass is 10.1. The van der Waals surface area contributed by atoms with Crippen LogP contribution in [0.4, 0.5) is 18.9 Å². The number of H-pyrrole nitrogens is 1. The molecule has 0 bridgehead atoms. The second-order valence-corrected chi connectivity index (χ2v) is 7.25. The van der Waals surface area contributed by atoms with Crippen LogP contribution in [0.5, 0.6) is 5.75 Å². The molecule has 0 aliphatic heterocycles. The van der Waals surface area contributed by atoms with Crippen molar-refractivity contribution in [2.24, 2.45) is 0 Å². The van der Waals surface area contributed by atoms with Gasteiger partial charge in [-0.1, -0.05) is 30.8 Å². The summed E-state index contributed by atoms with van der Waals surface area (Å²) >= 11 is 1.46. The molecule has 0 fully saturated rings. The highest BCUT2D eigenvalue weighted by atomic mass is 32.2. The third kappa shape index (κ3) is 5.76. The standard InChI is InChI=1S/C20H19F3N4O2S/c1-2-9-29-17-8-7-15(20(21,22)23)10-16(17)26-18(28)14-5-3-13(4-6-14)11-30-19-24-12-25-27-19/h3-8,10,12H,2,9,11H2,1H3,(H,26,28)(H,24,25,27). The Hall–Kier alpha value is -3.01. The fourth-order valence-electron chi connectivity index (χ4n) is 2.50. The van der Waals surface area contributed by atoms with E-state index >= 15 is 0 Å². The summed E-state index contributed by atoms with van der Waals surface area (Å²) in [5, 5.41) is 9.72. The number of anilines is 1. The van der Waals surface area contributed by atoms with Gasteiger partial charge in [0.05, 0.1) is 17.9 Å². The molecule has 0 aliphatic carbocycles. The zero-order chi connectivity index (χ0) is 21.6. The predicted molar refractivity (Wildman–Crippen MR) is 108 cm³/mol. The molecule has 1 aromatic heterocycles. The lowest BCUT2D eigenvalue weighted by molar-refractivity contribution is -0.137. The molecule has 0 aliphatic rings. The van der Waals surface area contributed by atoms with Crippen LogP contribution in [-0.2, 0) is 11.9 Å². The summed E-state index contributed by atoms with van der Waals surface area (Å²) in [6.07, 6.45) is -2.42. The van der Waals surface area contributed by atoms with E-state index in [4.69, 9.17) is 4.74 Å². The Morgan fingerprint density at radius 2 is 1.97 bits per heavy atom. The van der Waals surface area contributed by atoms with Gasteiger partial charge in [-0.15, -0.1) is 0 Å². The van der Waals surface area contributed by atoms with Crippen LogP contribution in [-0.4, -0.2) is 27.7 Å². The highest BCUT2D eigenvalue weighted by Gasteiger charge is 2.31. The number of benzene rings is 2. The highest BCUT2D eigenvalue weighted by molar-refractivity contribution is 7.98. The predicted octanol–water partition coefficient (Wildman–Crippen LogP) is 5.16. The lowest BCUT2D eigenvalue weighted by Crippen LogP contribution is -2.14. The fraction of sp³-hybridized carbons (Fsp3) is 0.250. The maximum atomic E-state index is 13.1. The number of aromatic amines is 1. The first kappa shape index (κ1) is 21.7. The molecule has 1 heterocycles. The van der Waals surface area contributed by atoms with Crippen molar-refractivity contribution in [3.63, 3.8) is 0 Å². The van der Waals surface area contributed by atoms with Gasteiger partial charge in [-0.05, 0) is 42.3 Å². The number of nitrogens with one attached hydrogen (secondary N) is 2. The molecule has 0 saturated heterocycles. The molecule has 0 spiro atoms. The number of hydrogen-bond acceptors (Lipinski definition) is 5. The molecule has 10 heteroatoms. The Morgan fingerprint density at radius 1 is 1.20 bits per heavy atom. The summed E-state index contributed by atoms with van der Waals surface area (Å²) < 4.78 is 44.7. The second-order valence-electron chi connectivity index (χ2n) is 6.29. The zero-order valence-electron chi connectivity index (χ0n) is 16.0. The minimum Gasteiger partial charge on any atom is -0.491 e. The van der Waals surface area contributed by atoms with Crippen molar-refractivity contribution in [1.82, 2.24) is 15.2 Å². The van der Waals surface area contributed by atoms with Crippen molar-refractivity contribution in [2.75, 3.05) is 11.9 Å². The van der Waals surface area contributed by atoms with E-state index in [2.05, 4.69) is 20.5 Å². The molecule has 2 N–H and O–H groups in total. The number of ether oxygens (including phenoxy) is 1. The molecular formula is C20H19F3N4O2S. The van der Waals surface area contributed by atoms with Crippen LogP contribution in [0.2, 0.25) is 0 Å². The topological polar surface area (TPSA) is 79.9 Å². The average Bonchev–Trinajstić information content (AvgIpc) is 3.24. The molecule has 2 aromatic carbocycles. The Kier molecular flexibility index (Phi) is 6.99. The summed E-state index contributed by atoms with van der Waals surface area (Å²) in [5.41, 5.74) is 0.399. The molecule has 3 aromatic rings. The van der Waals surface area contributed by atoms with E-state index in [0.29, 0.717) is 29.5 Å². The third-order valence-electron chi connectivity index (χ3n) is 4.00. The van der Waals surface area contributed by atoms with Gasteiger partial charge in [0, 0.05) is 11.3 Å². The van der Waals surface area contributed by atoms with Gasteiger partial charge in [-0.2, -0.15) is 18.3 Å². The summed E-state index contributed by atoms with van der Waals surface area (Å²) in [6.45, 7) is 2.20. The Labute approximate surface area is 175 Å². The molecule has 158 valence electrons. The van der Waals surface area contributed by atoms with E-state index in [1.807, 2.05) is 6.92 Å². The van der Waals surface area contributed by atoms with Gasteiger partial charge in [0.25, 0.3) is 5.91 Å². The molecular weight excluding hydrogens is 417 g/mol. The van der Waals surface area contributed by atoms with Crippen molar-refractivity contribution in [1.29, 1.82) is 0 Å². The quantitative estimate of drug-likeness (QED) is 0.477. The van der Waals surface area contributed by atoms with Crippen molar-refractivity contribution in [2.45, 2.75) is 30.4 Å². The number of amides is 1. The SMILES string of the molecule is CCCOc1ccc(C(F)(F)F)cc1NC(=O)c1ccc(CSc2ncn[nH]2)cc1. The molecule has 6 nitrogen and oxygen atoms in total. The van der Waals surface area contributed by atoms with E-state index < -0.39 is 17.6 Å². The van der Waals surface area contributed by atoms with Crippen molar-refractivity contribution >= 4 is 23.4 Å². The number of carbonyl (C=O) groups excluding carboxylic acids is 1. The van der Waals surface area contributed by atoms with E-state index in [9.17, 15) is 18.0 Å². The molecule has 30 heavy (non-hydrogen) atoms. The van der Waals surface area contributed by atoms with Crippen LogP contribution in [0.1, 0.15) is 34.8 Å². The molecule has 0 radical (unpaired) electrons. The van der Waals surface area contributed by atoms with Crippen molar-refractivity contribution < 1.29 is 22.7 Å². The highest BCUT2D eigenvalue weighted by Crippen LogP contribution is 2.35. The number of halogens is 3. The van der Waals surface area contributed by atoms with Crippen molar-refractivity contribution in [3.05, 3.63) is 65.5 Å². The smallest absolute Gasteiger partial charge is 0.416 e. The van der Waals surface area contributed by atoms with Crippen LogP contribution in [0.15, 0.2) is 53.9 Å². The molecule has 0 unspecified atom stereocenters. The maximum Gasteiger partial charge on any atom is 0.416 e. The monoisotopic (exact) mass is 436 g/mol. The van der Waals surface area contributed by atoms with Gasteiger partial charge in [-0.25, -0.2) is 4.98 Å². The zero-order valence-corrected chi connectivity index (χ0v) is 16.8. The van der Waals surface area contributed by atoms with Gasteiger partial charge in [0.1, 0.15) is 12.1 Å². The minimum atomic E-state index is -4.52. The van der Waals surface area contributed by atoms with Gasteiger partial charge in [0.15, 0.2) is 5.16 Å². The van der Waals surface area contributed by atoms with Crippen molar-refractivity contribution in [3.8, 4) is 5.75 Å². The number of thioether (sulfide) groups is 1. The number of nitrogens with zero attached hydrogens (tertiary/aromatic N) is 2. The molecule has 3 rings (SSSR count). The van der Waals surface area contributed by atoms with E-state index in [1.165, 1.54) is 24.2 Å². The first-order chi connectivity index (χ1) is 14.4. The summed E-state index contributed by atoms with van der Waals surface area (Å²) in [6, 6.07) is 9.82. The van der Waals surface area contributed by atoms with Gasteiger partial charge in [-0.3, -0.25) is 9.89 Å². The molecule has 0 atom stereocenters. The first-order valence-electron chi connectivity index (χ1n) is 9.09. The third-order valence-corrected chi connectivity index (χ3v) is 4.95. The van der Waals surface area contributed by atoms with Crippen LogP contribution >= 0.6 is 11.8 Å². The average molecular weight is 436 g/mol. The molecule has 0 saturated carbocycles.